The minimum atomic E-state index is 0. The molecule has 1 fully saturated rings. The lowest BCUT2D eigenvalue weighted by atomic mass is 10.2. The second kappa shape index (κ2) is 7.53. The van der Waals surface area contributed by atoms with Gasteiger partial charge in [0.15, 0.2) is 0 Å². The Hall–Kier alpha value is -0.230. The first-order valence-electron chi connectivity index (χ1n) is 6.06. The summed E-state index contributed by atoms with van der Waals surface area (Å²) in [6.07, 6.45) is 2.01. The number of hydrogen-bond acceptors (Lipinski definition) is 2. The van der Waals surface area contributed by atoms with E-state index >= 15 is 0 Å². The molecule has 0 spiro atoms. The van der Waals surface area contributed by atoms with Crippen LogP contribution in [-0.4, -0.2) is 50.3 Å². The van der Waals surface area contributed by atoms with E-state index in [-0.39, 0.29) is 18.3 Å². The van der Waals surface area contributed by atoms with Gasteiger partial charge in [0.05, 0.1) is 38.8 Å². The fourth-order valence-electron chi connectivity index (χ4n) is 2.11. The Bertz CT molecular complexity index is 450. The molecule has 1 saturated heterocycles. The van der Waals surface area contributed by atoms with Crippen LogP contribution in [0, 0.1) is 0 Å². The highest BCUT2D eigenvalue weighted by Crippen LogP contribution is 2.25. The first kappa shape index (κ1) is 16.8. The van der Waals surface area contributed by atoms with Crippen LogP contribution in [0.3, 0.4) is 0 Å². The Kier molecular flexibility index (Phi) is 6.66. The van der Waals surface area contributed by atoms with Gasteiger partial charge in [0, 0.05) is 9.37 Å². The molecule has 1 heterocycles. The van der Waals surface area contributed by atoms with Gasteiger partial charge in [-0.1, -0.05) is 15.9 Å². The molecule has 1 aromatic rings. The van der Waals surface area contributed by atoms with Gasteiger partial charge < -0.3 is 22.2 Å². The summed E-state index contributed by atoms with van der Waals surface area (Å²) in [4.78, 5) is 17.0. The van der Waals surface area contributed by atoms with Gasteiger partial charge in [-0.25, -0.2) is 0 Å². The fourth-order valence-corrected chi connectivity index (χ4v) is 3.04. The molecule has 2 rings (SSSR count). The zero-order valence-electron chi connectivity index (χ0n) is 11.1. The number of quaternary nitrogens is 1. The zero-order chi connectivity index (χ0) is 13.1. The third-order valence-electron chi connectivity index (χ3n) is 3.30. The van der Waals surface area contributed by atoms with Crippen molar-refractivity contribution in [3.8, 4) is 0 Å². The van der Waals surface area contributed by atoms with E-state index in [9.17, 15) is 4.79 Å². The quantitative estimate of drug-likeness (QED) is 0.622. The number of thioether (sulfide) groups is 1. The first-order chi connectivity index (χ1) is 8.61. The van der Waals surface area contributed by atoms with Crippen LogP contribution < -0.4 is 17.3 Å². The number of halogens is 2. The molecule has 1 N–H and O–H groups in total. The summed E-state index contributed by atoms with van der Waals surface area (Å²) in [5.74, 6) is 0.160. The normalized spacial score (nSPS) is 16.1. The van der Waals surface area contributed by atoms with E-state index in [2.05, 4.69) is 23.0 Å². The summed E-state index contributed by atoms with van der Waals surface area (Å²) in [5, 5.41) is 0. The number of carbonyl (C=O) groups excluding carboxylic acids is 1. The molecule has 1 aromatic carbocycles. The van der Waals surface area contributed by atoms with Crippen LogP contribution in [0.2, 0.25) is 0 Å². The summed E-state index contributed by atoms with van der Waals surface area (Å²) >= 11 is 5.07. The molecular formula is C13H18BrClN2OS. The summed E-state index contributed by atoms with van der Waals surface area (Å²) in [7, 11) is 2.17. The third kappa shape index (κ3) is 4.12. The zero-order valence-corrected chi connectivity index (χ0v) is 14.2. The van der Waals surface area contributed by atoms with Gasteiger partial charge in [-0.15, -0.1) is 11.8 Å². The second-order valence-electron chi connectivity index (χ2n) is 4.59. The maximum Gasteiger partial charge on any atom is 0.255 e. The summed E-state index contributed by atoms with van der Waals surface area (Å²) in [5.41, 5.74) is 0.816. The van der Waals surface area contributed by atoms with Crippen molar-refractivity contribution in [3.63, 3.8) is 0 Å². The van der Waals surface area contributed by atoms with E-state index < -0.39 is 0 Å². The maximum absolute atomic E-state index is 12.5. The highest BCUT2D eigenvalue weighted by Gasteiger charge is 2.24. The second-order valence-corrected chi connectivity index (χ2v) is 6.36. The Labute approximate surface area is 133 Å². The number of nitrogens with one attached hydrogen (secondary N) is 1. The minimum absolute atomic E-state index is 0. The summed E-state index contributed by atoms with van der Waals surface area (Å²) in [6, 6.07) is 5.92. The van der Waals surface area contributed by atoms with E-state index in [4.69, 9.17) is 0 Å². The van der Waals surface area contributed by atoms with Crippen LogP contribution in [0.4, 0.5) is 0 Å². The molecule has 0 radical (unpaired) electrons. The average Bonchev–Trinajstić information content (AvgIpc) is 2.39. The average molecular weight is 366 g/mol. The number of likely N-dealkylation sites (N-methyl/N-ethyl adjacent to an activating group) is 1. The number of amides is 1. The molecule has 1 amide bonds. The molecule has 0 atom stereocenters. The number of benzene rings is 1. The van der Waals surface area contributed by atoms with Crippen molar-refractivity contribution in [2.75, 3.05) is 39.5 Å². The first-order valence-corrected chi connectivity index (χ1v) is 8.07. The molecule has 1 aliphatic rings. The highest BCUT2D eigenvalue weighted by atomic mass is 79.9. The summed E-state index contributed by atoms with van der Waals surface area (Å²) in [6.45, 7) is 3.78. The lowest BCUT2D eigenvalue weighted by Crippen LogP contribution is -3.12. The molecule has 0 aromatic heterocycles. The van der Waals surface area contributed by atoms with E-state index in [1.807, 2.05) is 29.4 Å². The Morgan fingerprint density at radius 1 is 1.37 bits per heavy atom. The number of carbonyl (C=O) groups is 1. The number of rotatable bonds is 2. The number of nitrogens with zero attached hydrogens (tertiary/aromatic N) is 1. The van der Waals surface area contributed by atoms with Crippen LogP contribution in [-0.2, 0) is 0 Å². The molecule has 0 aliphatic carbocycles. The molecule has 106 valence electrons. The van der Waals surface area contributed by atoms with Crippen molar-refractivity contribution < 1.29 is 22.1 Å². The van der Waals surface area contributed by atoms with E-state index in [1.54, 1.807) is 11.8 Å². The van der Waals surface area contributed by atoms with Gasteiger partial charge in [0.2, 0.25) is 0 Å². The fraction of sp³-hybridized carbons (Fsp3) is 0.462. The van der Waals surface area contributed by atoms with Crippen molar-refractivity contribution in [2.45, 2.75) is 4.90 Å². The molecule has 19 heavy (non-hydrogen) atoms. The smallest absolute Gasteiger partial charge is 0.255 e. The molecule has 3 nitrogen and oxygen atoms in total. The largest absolute Gasteiger partial charge is 1.00 e. The lowest BCUT2D eigenvalue weighted by Gasteiger charge is -2.30. The van der Waals surface area contributed by atoms with Crippen molar-refractivity contribution in [1.29, 1.82) is 0 Å². The molecule has 1 aliphatic heterocycles. The molecule has 6 heteroatoms. The number of piperazine rings is 1. The minimum Gasteiger partial charge on any atom is -1.00 e. The monoisotopic (exact) mass is 364 g/mol. The predicted octanol–water partition coefficient (Wildman–Crippen LogP) is -1.85. The Morgan fingerprint density at radius 2 is 2.00 bits per heavy atom. The number of hydrogen-bond donors (Lipinski definition) is 1. The van der Waals surface area contributed by atoms with Gasteiger partial charge in [-0.2, -0.15) is 0 Å². The van der Waals surface area contributed by atoms with Gasteiger partial charge in [0.1, 0.15) is 0 Å². The van der Waals surface area contributed by atoms with Crippen LogP contribution >= 0.6 is 27.7 Å². The van der Waals surface area contributed by atoms with Gasteiger partial charge in [-0.05, 0) is 24.5 Å². The standard InChI is InChI=1S/C13H17BrN2OS.ClH/c1-15-5-7-16(8-6-15)13(17)11-9-10(14)3-4-12(11)18-2;/h3-4,9H,5-8H2,1-2H3;1H. The topological polar surface area (TPSA) is 24.8 Å². The molecule has 0 saturated carbocycles. The summed E-state index contributed by atoms with van der Waals surface area (Å²) < 4.78 is 0.961. The molecular weight excluding hydrogens is 348 g/mol. The Balaban J connectivity index is 0.00000180. The van der Waals surface area contributed by atoms with Crippen molar-refractivity contribution in [1.82, 2.24) is 4.90 Å². The van der Waals surface area contributed by atoms with Gasteiger partial charge in [-0.3, -0.25) is 4.79 Å². The molecule has 0 unspecified atom stereocenters. The van der Waals surface area contributed by atoms with Crippen LogP contribution in [0.5, 0.6) is 0 Å². The van der Waals surface area contributed by atoms with E-state index in [0.717, 1.165) is 41.1 Å². The maximum atomic E-state index is 12.5. The lowest BCUT2D eigenvalue weighted by molar-refractivity contribution is -0.883. The van der Waals surface area contributed by atoms with Gasteiger partial charge in [0.25, 0.3) is 5.91 Å². The SMILES string of the molecule is CSc1ccc(Br)cc1C(=O)N1CC[NH+](C)CC1.[Cl-]. The molecule has 0 bridgehead atoms. The van der Waals surface area contributed by atoms with Crippen molar-refractivity contribution in [2.24, 2.45) is 0 Å². The van der Waals surface area contributed by atoms with Crippen molar-refractivity contribution in [3.05, 3.63) is 28.2 Å². The van der Waals surface area contributed by atoms with Crippen LogP contribution in [0.15, 0.2) is 27.6 Å². The predicted molar refractivity (Wildman–Crippen MR) is 78.4 cm³/mol. The van der Waals surface area contributed by atoms with Gasteiger partial charge >= 0.3 is 0 Å². The third-order valence-corrected chi connectivity index (χ3v) is 4.59. The Morgan fingerprint density at radius 3 is 2.58 bits per heavy atom. The van der Waals surface area contributed by atoms with Crippen molar-refractivity contribution >= 4 is 33.6 Å². The van der Waals surface area contributed by atoms with E-state index in [1.165, 1.54) is 4.90 Å². The van der Waals surface area contributed by atoms with Crippen LogP contribution in [0.25, 0.3) is 0 Å². The van der Waals surface area contributed by atoms with E-state index in [0.29, 0.717) is 0 Å². The highest BCUT2D eigenvalue weighted by molar-refractivity contribution is 9.10. The van der Waals surface area contributed by atoms with Crippen LogP contribution in [0.1, 0.15) is 10.4 Å².